The number of hydrogen-bond acceptors (Lipinski definition) is 2. The number of allylic oxidation sites excluding steroid dienone is 6. The molecular formula is C114H139IO2Si3. The summed E-state index contributed by atoms with van der Waals surface area (Å²) in [6.07, 6.45) is 22.7. The summed E-state index contributed by atoms with van der Waals surface area (Å²) < 4.78 is 13.3. The van der Waals surface area contributed by atoms with Crippen molar-refractivity contribution in [2.45, 2.75) is 301 Å². The third-order valence-electron chi connectivity index (χ3n) is 22.6. The summed E-state index contributed by atoms with van der Waals surface area (Å²) in [6.45, 7) is 55.8. The maximum absolute atomic E-state index is 6.27. The molecule has 2 nitrogen and oxygen atoms in total. The summed E-state index contributed by atoms with van der Waals surface area (Å²) in [7, 11) is -5.26. The highest BCUT2D eigenvalue weighted by Gasteiger charge is 2.44. The lowest BCUT2D eigenvalue weighted by molar-refractivity contribution is 0.482. The Morgan fingerprint density at radius 1 is 0.250 bits per heavy atom. The third-order valence-corrected chi connectivity index (χ3v) is 42.6. The van der Waals surface area contributed by atoms with Gasteiger partial charge in [0.1, 0.15) is 47.2 Å². The second-order valence-electron chi connectivity index (χ2n) is 33.8. The zero-order valence-corrected chi connectivity index (χ0v) is 81.9. The van der Waals surface area contributed by atoms with Crippen LogP contribution in [0.4, 0.5) is 0 Å². The predicted molar refractivity (Wildman–Crippen MR) is 541 cm³/mol. The second-order valence-corrected chi connectivity index (χ2v) is 51.9. The van der Waals surface area contributed by atoms with Gasteiger partial charge in [0.15, 0.2) is 0 Å². The highest BCUT2D eigenvalue weighted by Crippen LogP contribution is 2.44. The molecule has 0 atom stereocenters. The molecule has 0 aromatic heterocycles. The van der Waals surface area contributed by atoms with Crippen molar-refractivity contribution < 1.29 is 9.47 Å². The zero-order valence-electron chi connectivity index (χ0n) is 76.7. The first kappa shape index (κ1) is 103. The maximum Gasteiger partial charge on any atom is 0.146 e. The van der Waals surface area contributed by atoms with Crippen molar-refractivity contribution in [3.63, 3.8) is 0 Å². The molecule has 0 bridgehead atoms. The van der Waals surface area contributed by atoms with E-state index in [0.717, 1.165) is 172 Å². The molecule has 0 saturated carbocycles. The number of hydrogen-bond donors (Lipinski definition) is 0. The van der Waals surface area contributed by atoms with Crippen LogP contribution in [-0.4, -0.2) is 24.2 Å². The first-order chi connectivity index (χ1) is 56.9. The number of halogens is 1. The van der Waals surface area contributed by atoms with E-state index in [9.17, 15) is 0 Å². The van der Waals surface area contributed by atoms with Gasteiger partial charge in [-0.05, 0) is 281 Å². The Hall–Kier alpha value is -9.66. The van der Waals surface area contributed by atoms with Crippen LogP contribution in [0.1, 0.15) is 306 Å². The smallest absolute Gasteiger partial charge is 0.146 e. The molecule has 0 fully saturated rings. The largest absolute Gasteiger partial charge is 0.457 e. The fraction of sp³-hybridized carbons (Fsp3) is 0.404. The molecule has 0 saturated heterocycles. The summed E-state index contributed by atoms with van der Waals surface area (Å²) in [5.74, 6) is 53.5. The summed E-state index contributed by atoms with van der Waals surface area (Å²) in [4.78, 5) is 0. The summed E-state index contributed by atoms with van der Waals surface area (Å²) >= 11 is 2.47. The van der Waals surface area contributed by atoms with Crippen LogP contribution < -0.4 is 9.47 Å². The van der Waals surface area contributed by atoms with E-state index in [4.69, 9.17) is 22.3 Å². The average molecular weight is 1750 g/mol. The molecule has 120 heavy (non-hydrogen) atoms. The topological polar surface area (TPSA) is 18.5 Å². The highest BCUT2D eigenvalue weighted by atomic mass is 127. The molecule has 0 N–H and O–H groups in total. The quantitative estimate of drug-likeness (QED) is 0.0323. The van der Waals surface area contributed by atoms with E-state index in [1.807, 2.05) is 97.1 Å². The van der Waals surface area contributed by atoms with Gasteiger partial charge >= 0.3 is 0 Å². The van der Waals surface area contributed by atoms with Crippen LogP contribution in [0.25, 0.3) is 0 Å². The van der Waals surface area contributed by atoms with Gasteiger partial charge in [0.25, 0.3) is 0 Å². The predicted octanol–water partition coefficient (Wildman–Crippen LogP) is 32.2. The van der Waals surface area contributed by atoms with Crippen LogP contribution >= 0.6 is 22.6 Å². The third kappa shape index (κ3) is 31.4. The molecule has 0 aliphatic rings. The van der Waals surface area contributed by atoms with E-state index >= 15 is 0 Å². The Kier molecular flexibility index (Phi) is 45.5. The average Bonchev–Trinajstić information content (AvgIpc) is 0.809. The van der Waals surface area contributed by atoms with Crippen molar-refractivity contribution >= 4 is 46.8 Å². The van der Waals surface area contributed by atoms with Gasteiger partial charge in [-0.3, -0.25) is 0 Å². The van der Waals surface area contributed by atoms with Crippen LogP contribution in [0, 0.1) is 118 Å². The van der Waals surface area contributed by atoms with E-state index in [1.165, 1.54) is 15.6 Å². The number of benzene rings is 7. The Labute approximate surface area is 749 Å². The molecule has 0 unspecified atom stereocenters. The van der Waals surface area contributed by atoms with Crippen LogP contribution in [0.15, 0.2) is 201 Å². The minimum absolute atomic E-state index is 0. The Morgan fingerprint density at radius 2 is 0.408 bits per heavy atom. The maximum atomic E-state index is 6.27. The SMILES string of the molecule is C.C#Cc1ccc(Oc2ccc(C#C)cc2)cc1.CCC/C(C#Cc1ccc(C#C[Si](C(C)C)(C(C)C)C(C)C)cc1)=C(\C#Cc1ccc(Oc2ccc(C#C/C(CCC)=C(/C#Cc3ccc(C#C[Si](C(C)C)(C(C)C)C(C)C)cc3)CCC)cc2)cc1)CCC.CCC/C(I)=C(\C#Cc1ccc(C#C[Si](C(C)C)(C(C)C)C(C)C)cc1)CCC. The van der Waals surface area contributed by atoms with Crippen molar-refractivity contribution in [1.82, 2.24) is 0 Å². The van der Waals surface area contributed by atoms with E-state index in [2.05, 4.69) is 367 Å². The molecule has 7 rings (SSSR count). The van der Waals surface area contributed by atoms with Crippen molar-refractivity contribution in [2.75, 3.05) is 0 Å². The lowest BCUT2D eigenvalue weighted by Gasteiger charge is -2.38. The summed E-state index contributed by atoms with van der Waals surface area (Å²) in [5, 5.41) is 0. The lowest BCUT2D eigenvalue weighted by Crippen LogP contribution is -2.43. The van der Waals surface area contributed by atoms with Gasteiger partial charge < -0.3 is 9.47 Å². The highest BCUT2D eigenvalue weighted by molar-refractivity contribution is 14.1. The minimum Gasteiger partial charge on any atom is -0.457 e. The van der Waals surface area contributed by atoms with E-state index in [0.29, 0.717) is 49.9 Å². The molecular weight excluding hydrogens is 1610 g/mol. The van der Waals surface area contributed by atoms with Crippen LogP contribution in [0.2, 0.25) is 49.9 Å². The molecule has 0 heterocycles. The summed E-state index contributed by atoms with van der Waals surface area (Å²) in [5.41, 5.74) is 32.8. The fourth-order valence-corrected chi connectivity index (χ4v) is 32.9. The van der Waals surface area contributed by atoms with Crippen LogP contribution in [0.3, 0.4) is 0 Å². The normalized spacial score (nSPS) is 11.6. The van der Waals surface area contributed by atoms with Gasteiger partial charge in [-0.15, -0.1) is 29.5 Å². The van der Waals surface area contributed by atoms with Gasteiger partial charge in [-0.2, -0.15) is 0 Å². The van der Waals surface area contributed by atoms with E-state index in [-0.39, 0.29) is 7.43 Å². The van der Waals surface area contributed by atoms with Crippen LogP contribution in [-0.2, 0) is 0 Å². The molecule has 7 aromatic carbocycles. The van der Waals surface area contributed by atoms with Crippen molar-refractivity contribution in [3.8, 4) is 141 Å². The van der Waals surface area contributed by atoms with Gasteiger partial charge in [0.2, 0.25) is 0 Å². The van der Waals surface area contributed by atoms with Crippen molar-refractivity contribution in [2.24, 2.45) is 0 Å². The van der Waals surface area contributed by atoms with E-state index in [1.54, 1.807) is 0 Å². The summed E-state index contributed by atoms with van der Waals surface area (Å²) in [6, 6.07) is 56.2. The first-order valence-corrected chi connectivity index (χ1v) is 51.7. The van der Waals surface area contributed by atoms with Crippen molar-refractivity contribution in [1.29, 1.82) is 0 Å². The monoisotopic (exact) mass is 1750 g/mol. The van der Waals surface area contributed by atoms with Gasteiger partial charge in [-0.25, -0.2) is 0 Å². The fourth-order valence-electron chi connectivity index (χ4n) is 16.3. The Morgan fingerprint density at radius 3 is 0.583 bits per heavy atom. The van der Waals surface area contributed by atoms with Gasteiger partial charge in [0.05, 0.1) is 0 Å². The lowest BCUT2D eigenvalue weighted by atomic mass is 9.99. The number of terminal acetylenes is 2. The minimum atomic E-state index is -1.79. The standard InChI is InChI=1S/C70H86OSi2.C27H39ISi.C16H10O.CH4/c1-17-21-65(41-33-59-25-29-63(30-26-59)49-51-72(53(5)6,54(7)8)55(9)10)67(23-19-3)43-35-61-37-45-69(46-38-61)71-70-47-39-62(40-48-70)36-44-68(24-20-4)66(22-18-2)42-34-60-27-31-64(32-28-60)50-52-73(56(11)12,57(13)14)58(15)16;1-9-11-26(27(28)12-10-2)18-17-24-13-15-25(16-14-24)19-20-29(21(3)4,22(5)6)23(7)8;1-3-13-5-9-15(10-6-13)17-16-11-7-14(4-2)8-12-16;/h25-32,37-40,45-48,53-58H,17-24H2,1-16H3;13-16,21-23H,9-12H2,1-8H3;1-2,5-12H;1H4/b67-65+,68-66+;27-26+;;. The number of ether oxygens (including phenoxy) is 2. The first-order valence-electron chi connectivity index (χ1n) is 43.9. The molecule has 7 aromatic rings. The molecule has 0 radical (unpaired) electrons. The molecule has 0 amide bonds. The van der Waals surface area contributed by atoms with Crippen LogP contribution in [0.5, 0.6) is 23.0 Å². The molecule has 6 heteroatoms. The molecule has 0 aliphatic carbocycles. The van der Waals surface area contributed by atoms with E-state index < -0.39 is 24.2 Å². The molecule has 0 aliphatic heterocycles. The van der Waals surface area contributed by atoms with Gasteiger partial charge in [0, 0.05) is 87.1 Å². The Balaban J connectivity index is 0.000000519. The molecule has 626 valence electrons. The molecule has 0 spiro atoms. The Bertz CT molecular complexity index is 4790. The second kappa shape index (κ2) is 53.2. The van der Waals surface area contributed by atoms with Crippen molar-refractivity contribution in [3.05, 3.63) is 257 Å². The zero-order chi connectivity index (χ0) is 87.7. The van der Waals surface area contributed by atoms with Gasteiger partial charge in [-0.1, -0.05) is 301 Å². The number of rotatable bonds is 25.